The smallest absolute Gasteiger partial charge is 0.0172 e. The van der Waals surface area contributed by atoms with Crippen molar-refractivity contribution in [2.24, 2.45) is 0 Å². The summed E-state index contributed by atoms with van der Waals surface area (Å²) >= 11 is 0. The molecule has 0 nitrogen and oxygen atoms in total. The molecule has 0 aromatic heterocycles. The standard InChI is InChI=1S/C8H12.C6H10/c1-2-4-6-8-7-5-3-1;1-3-5-6-4-2/h1-2,7-8H,3-6H2;3-4,6H,1,5H2,2H3/b2-1-,8-7?;6-4+. The van der Waals surface area contributed by atoms with E-state index in [9.17, 15) is 0 Å². The first-order chi connectivity index (χ1) is 6.91. The van der Waals surface area contributed by atoms with Gasteiger partial charge in [-0.05, 0) is 39.0 Å². The first-order valence-electron chi connectivity index (χ1n) is 5.44. The fraction of sp³-hybridized carbons (Fsp3) is 0.429. The topological polar surface area (TPSA) is 0 Å². The molecule has 0 aromatic carbocycles. The molecule has 0 aromatic rings. The highest BCUT2D eigenvalue weighted by Crippen LogP contribution is 2.02. The fourth-order valence-corrected chi connectivity index (χ4v) is 1.09. The van der Waals surface area contributed by atoms with Gasteiger partial charge >= 0.3 is 0 Å². The molecule has 0 unspecified atom stereocenters. The summed E-state index contributed by atoms with van der Waals surface area (Å²) in [6.07, 6.45) is 20.9. The summed E-state index contributed by atoms with van der Waals surface area (Å²) in [6, 6.07) is 0. The molecule has 1 rings (SSSR count). The Morgan fingerprint density at radius 3 is 1.64 bits per heavy atom. The van der Waals surface area contributed by atoms with Crippen LogP contribution in [0.1, 0.15) is 39.0 Å². The molecule has 0 spiro atoms. The summed E-state index contributed by atoms with van der Waals surface area (Å²) in [7, 11) is 0. The molecule has 1 aliphatic rings. The molecule has 0 bridgehead atoms. The third kappa shape index (κ3) is 11.0. The van der Waals surface area contributed by atoms with Crippen LogP contribution in [-0.2, 0) is 0 Å². The number of allylic oxidation sites excluding steroid dienone is 7. The van der Waals surface area contributed by atoms with Crippen LogP contribution >= 0.6 is 0 Å². The minimum absolute atomic E-state index is 0.997. The molecule has 0 atom stereocenters. The summed E-state index contributed by atoms with van der Waals surface area (Å²) < 4.78 is 0. The van der Waals surface area contributed by atoms with E-state index in [0.717, 1.165) is 6.42 Å². The Balaban J connectivity index is 0.000000255. The third-order valence-corrected chi connectivity index (χ3v) is 1.87. The number of rotatable bonds is 2. The maximum absolute atomic E-state index is 3.55. The van der Waals surface area contributed by atoms with E-state index >= 15 is 0 Å². The Hall–Kier alpha value is -1.04. The van der Waals surface area contributed by atoms with Crippen molar-refractivity contribution in [2.75, 3.05) is 0 Å². The molecule has 0 heteroatoms. The zero-order valence-electron chi connectivity index (χ0n) is 9.28. The van der Waals surface area contributed by atoms with E-state index in [1.54, 1.807) is 0 Å². The summed E-state index contributed by atoms with van der Waals surface area (Å²) in [5.41, 5.74) is 0. The number of hydrogen-bond donors (Lipinski definition) is 0. The lowest BCUT2D eigenvalue weighted by molar-refractivity contribution is 0.962. The molecule has 0 radical (unpaired) electrons. The van der Waals surface area contributed by atoms with Crippen LogP contribution in [0.5, 0.6) is 0 Å². The SMILES string of the molecule is C1=CCC/C=C\CC1.C=CC/C=C/C. The van der Waals surface area contributed by atoms with Crippen molar-refractivity contribution in [2.45, 2.75) is 39.0 Å². The first-order valence-corrected chi connectivity index (χ1v) is 5.44. The molecule has 0 fully saturated rings. The predicted molar refractivity (Wildman–Crippen MR) is 66.4 cm³/mol. The zero-order valence-corrected chi connectivity index (χ0v) is 9.28. The van der Waals surface area contributed by atoms with Crippen LogP contribution in [0, 0.1) is 0 Å². The molecule has 0 amide bonds. The lowest BCUT2D eigenvalue weighted by Crippen LogP contribution is -1.71. The van der Waals surface area contributed by atoms with Gasteiger partial charge in [0.05, 0.1) is 0 Å². The van der Waals surface area contributed by atoms with Gasteiger partial charge in [-0.3, -0.25) is 0 Å². The van der Waals surface area contributed by atoms with Crippen LogP contribution in [0.15, 0.2) is 49.1 Å². The van der Waals surface area contributed by atoms with E-state index in [4.69, 9.17) is 0 Å². The normalized spacial score (nSPS) is 17.8. The molecule has 0 heterocycles. The highest BCUT2D eigenvalue weighted by Gasteiger charge is 1.81. The van der Waals surface area contributed by atoms with Gasteiger partial charge in [0.2, 0.25) is 0 Å². The minimum Gasteiger partial charge on any atom is -0.103 e. The predicted octanol–water partition coefficient (Wildman–Crippen LogP) is 4.81. The monoisotopic (exact) mass is 190 g/mol. The van der Waals surface area contributed by atoms with E-state index in [2.05, 4.69) is 37.0 Å². The van der Waals surface area contributed by atoms with Crippen molar-refractivity contribution >= 4 is 0 Å². The maximum Gasteiger partial charge on any atom is -0.0172 e. The molecule has 14 heavy (non-hydrogen) atoms. The first kappa shape index (κ1) is 13.0. The fourth-order valence-electron chi connectivity index (χ4n) is 1.09. The Morgan fingerprint density at radius 1 is 1.00 bits per heavy atom. The van der Waals surface area contributed by atoms with Crippen LogP contribution in [0.25, 0.3) is 0 Å². The largest absolute Gasteiger partial charge is 0.103 e. The van der Waals surface area contributed by atoms with Gasteiger partial charge in [-0.1, -0.05) is 42.5 Å². The average Bonchev–Trinajstić information content (AvgIpc) is 2.14. The lowest BCUT2D eigenvalue weighted by atomic mass is 10.1. The van der Waals surface area contributed by atoms with Crippen molar-refractivity contribution in [3.8, 4) is 0 Å². The second-order valence-electron chi connectivity index (χ2n) is 3.19. The van der Waals surface area contributed by atoms with Gasteiger partial charge in [0.1, 0.15) is 0 Å². The molecule has 0 saturated heterocycles. The van der Waals surface area contributed by atoms with E-state index in [0.29, 0.717) is 0 Å². The Kier molecular flexibility index (Phi) is 11.1. The van der Waals surface area contributed by atoms with Crippen LogP contribution in [-0.4, -0.2) is 0 Å². The van der Waals surface area contributed by atoms with Crippen molar-refractivity contribution in [3.05, 3.63) is 49.1 Å². The van der Waals surface area contributed by atoms with E-state index in [1.807, 2.05) is 19.1 Å². The molecule has 0 aliphatic heterocycles. The summed E-state index contributed by atoms with van der Waals surface area (Å²) in [5, 5.41) is 0. The quantitative estimate of drug-likeness (QED) is 0.548. The minimum atomic E-state index is 0.997. The summed E-state index contributed by atoms with van der Waals surface area (Å²) in [6.45, 7) is 5.55. The zero-order chi connectivity index (χ0) is 10.5. The maximum atomic E-state index is 3.55. The molecule has 78 valence electrons. The highest BCUT2D eigenvalue weighted by atomic mass is 13.9. The van der Waals surface area contributed by atoms with Gasteiger partial charge in [-0.25, -0.2) is 0 Å². The Morgan fingerprint density at radius 2 is 1.43 bits per heavy atom. The van der Waals surface area contributed by atoms with Crippen molar-refractivity contribution in [1.82, 2.24) is 0 Å². The van der Waals surface area contributed by atoms with Gasteiger partial charge in [0.25, 0.3) is 0 Å². The van der Waals surface area contributed by atoms with Crippen molar-refractivity contribution in [3.63, 3.8) is 0 Å². The highest BCUT2D eigenvalue weighted by molar-refractivity contribution is 4.93. The Labute approximate surface area is 88.7 Å². The summed E-state index contributed by atoms with van der Waals surface area (Å²) in [4.78, 5) is 0. The molecule has 0 N–H and O–H groups in total. The Bertz CT molecular complexity index is 168. The van der Waals surface area contributed by atoms with E-state index in [1.165, 1.54) is 25.7 Å². The van der Waals surface area contributed by atoms with Crippen LogP contribution < -0.4 is 0 Å². The van der Waals surface area contributed by atoms with Crippen molar-refractivity contribution in [1.29, 1.82) is 0 Å². The van der Waals surface area contributed by atoms with Crippen LogP contribution in [0.3, 0.4) is 0 Å². The van der Waals surface area contributed by atoms with Gasteiger partial charge in [0, 0.05) is 0 Å². The molecule has 1 aliphatic carbocycles. The van der Waals surface area contributed by atoms with Crippen LogP contribution in [0.2, 0.25) is 0 Å². The molecular formula is C14H22. The molecule has 0 saturated carbocycles. The lowest BCUT2D eigenvalue weighted by Gasteiger charge is -1.92. The van der Waals surface area contributed by atoms with E-state index < -0.39 is 0 Å². The van der Waals surface area contributed by atoms with Gasteiger partial charge < -0.3 is 0 Å². The van der Waals surface area contributed by atoms with Gasteiger partial charge in [-0.15, -0.1) is 6.58 Å². The summed E-state index contributed by atoms with van der Waals surface area (Å²) in [5.74, 6) is 0. The van der Waals surface area contributed by atoms with Crippen molar-refractivity contribution < 1.29 is 0 Å². The van der Waals surface area contributed by atoms with Gasteiger partial charge in [0.15, 0.2) is 0 Å². The number of hydrogen-bond acceptors (Lipinski definition) is 0. The third-order valence-electron chi connectivity index (χ3n) is 1.87. The second kappa shape index (κ2) is 12.0. The van der Waals surface area contributed by atoms with Gasteiger partial charge in [-0.2, -0.15) is 0 Å². The van der Waals surface area contributed by atoms with Crippen LogP contribution in [0.4, 0.5) is 0 Å². The average molecular weight is 190 g/mol. The molecular weight excluding hydrogens is 168 g/mol. The second-order valence-corrected chi connectivity index (χ2v) is 3.19. The van der Waals surface area contributed by atoms with E-state index in [-0.39, 0.29) is 0 Å².